The van der Waals surface area contributed by atoms with Crippen molar-refractivity contribution >= 4 is 27.5 Å². The van der Waals surface area contributed by atoms with Crippen LogP contribution in [0.1, 0.15) is 30.5 Å². The molecule has 0 spiro atoms. The average molecular weight is 375 g/mol. The molecule has 0 saturated heterocycles. The van der Waals surface area contributed by atoms with Crippen LogP contribution in [0.25, 0.3) is 0 Å². The molecule has 0 aromatic heterocycles. The van der Waals surface area contributed by atoms with Gasteiger partial charge in [-0.05, 0) is 53.2 Å². The van der Waals surface area contributed by atoms with Crippen molar-refractivity contribution in [3.05, 3.63) is 68.7 Å². The van der Waals surface area contributed by atoms with Gasteiger partial charge in [0, 0.05) is 16.1 Å². The molecule has 0 aliphatic heterocycles. The fourth-order valence-corrected chi connectivity index (χ4v) is 2.72. The molecule has 21 heavy (non-hydrogen) atoms. The average Bonchev–Trinajstić information content (AvgIpc) is 2.47. The maximum Gasteiger partial charge on any atom is 0.142 e. The number of benzene rings is 2. The standard InChI is InChI=1S/C16H15BrClF2N/c1-2-8-21-16(11-4-3-5-13(17)15(11)20)12-9-10(18)6-7-14(12)19/h3-7,9,16,21H,2,8H2,1H3. The Morgan fingerprint density at radius 3 is 2.67 bits per heavy atom. The summed E-state index contributed by atoms with van der Waals surface area (Å²) >= 11 is 9.12. The predicted octanol–water partition coefficient (Wildman–Crippen LogP) is 5.47. The van der Waals surface area contributed by atoms with Gasteiger partial charge in [0.05, 0.1) is 10.5 Å². The molecular formula is C16H15BrClF2N. The van der Waals surface area contributed by atoms with Crippen LogP contribution in [-0.4, -0.2) is 6.54 Å². The minimum absolute atomic E-state index is 0.341. The van der Waals surface area contributed by atoms with Crippen LogP contribution < -0.4 is 5.32 Å². The van der Waals surface area contributed by atoms with Gasteiger partial charge in [-0.1, -0.05) is 30.7 Å². The first-order valence-electron chi connectivity index (χ1n) is 6.66. The van der Waals surface area contributed by atoms with Gasteiger partial charge in [-0.2, -0.15) is 0 Å². The summed E-state index contributed by atoms with van der Waals surface area (Å²) in [6.07, 6.45) is 0.855. The molecule has 2 rings (SSSR count). The lowest BCUT2D eigenvalue weighted by Gasteiger charge is -2.21. The van der Waals surface area contributed by atoms with Crippen molar-refractivity contribution in [1.29, 1.82) is 0 Å². The van der Waals surface area contributed by atoms with Crippen LogP contribution in [0.3, 0.4) is 0 Å². The Kier molecular flexibility index (Phi) is 5.73. The van der Waals surface area contributed by atoms with Gasteiger partial charge >= 0.3 is 0 Å². The highest BCUT2D eigenvalue weighted by Crippen LogP contribution is 2.31. The molecule has 112 valence electrons. The molecule has 1 N–H and O–H groups in total. The Balaban J connectivity index is 2.52. The molecule has 1 atom stereocenters. The highest BCUT2D eigenvalue weighted by molar-refractivity contribution is 9.10. The molecule has 0 saturated carbocycles. The molecule has 2 aromatic rings. The van der Waals surface area contributed by atoms with Gasteiger partial charge < -0.3 is 5.32 Å². The lowest BCUT2D eigenvalue weighted by atomic mass is 9.97. The third kappa shape index (κ3) is 3.82. The van der Waals surface area contributed by atoms with Crippen LogP contribution in [0.4, 0.5) is 8.78 Å². The van der Waals surface area contributed by atoms with Crippen molar-refractivity contribution in [1.82, 2.24) is 5.32 Å². The van der Waals surface area contributed by atoms with Gasteiger partial charge in [0.25, 0.3) is 0 Å². The monoisotopic (exact) mass is 373 g/mol. The molecule has 0 heterocycles. The summed E-state index contributed by atoms with van der Waals surface area (Å²) in [5, 5.41) is 3.60. The zero-order valence-corrected chi connectivity index (χ0v) is 13.8. The topological polar surface area (TPSA) is 12.0 Å². The first-order chi connectivity index (χ1) is 10.0. The quantitative estimate of drug-likeness (QED) is 0.732. The second-order valence-corrected chi connectivity index (χ2v) is 5.99. The Labute approximate surface area is 136 Å². The van der Waals surface area contributed by atoms with Crippen LogP contribution in [0.2, 0.25) is 5.02 Å². The van der Waals surface area contributed by atoms with Crippen molar-refractivity contribution in [3.8, 4) is 0 Å². The van der Waals surface area contributed by atoms with E-state index in [1.54, 1.807) is 18.2 Å². The molecule has 0 amide bonds. The Morgan fingerprint density at radius 1 is 1.19 bits per heavy atom. The van der Waals surface area contributed by atoms with E-state index in [0.29, 0.717) is 27.2 Å². The zero-order chi connectivity index (χ0) is 15.4. The maximum absolute atomic E-state index is 14.4. The van der Waals surface area contributed by atoms with Crippen molar-refractivity contribution in [2.75, 3.05) is 6.54 Å². The fourth-order valence-electron chi connectivity index (χ4n) is 2.16. The SMILES string of the molecule is CCCNC(c1cc(Cl)ccc1F)c1cccc(Br)c1F. The molecule has 0 fully saturated rings. The normalized spacial score (nSPS) is 12.4. The van der Waals surface area contributed by atoms with Crippen LogP contribution in [0, 0.1) is 11.6 Å². The van der Waals surface area contributed by atoms with Crippen LogP contribution >= 0.6 is 27.5 Å². The van der Waals surface area contributed by atoms with Crippen LogP contribution in [0.5, 0.6) is 0 Å². The van der Waals surface area contributed by atoms with Gasteiger partial charge in [0.15, 0.2) is 0 Å². The maximum atomic E-state index is 14.4. The third-order valence-corrected chi connectivity index (χ3v) is 4.01. The number of nitrogens with one attached hydrogen (secondary N) is 1. The largest absolute Gasteiger partial charge is 0.306 e. The van der Waals surface area contributed by atoms with Crippen molar-refractivity contribution in [2.24, 2.45) is 0 Å². The molecule has 0 bridgehead atoms. The van der Waals surface area contributed by atoms with E-state index in [0.717, 1.165) is 6.42 Å². The Bertz CT molecular complexity index is 632. The van der Waals surface area contributed by atoms with E-state index in [9.17, 15) is 8.78 Å². The highest BCUT2D eigenvalue weighted by Gasteiger charge is 2.22. The fraction of sp³-hybridized carbons (Fsp3) is 0.250. The summed E-state index contributed by atoms with van der Waals surface area (Å²) in [4.78, 5) is 0. The molecule has 1 nitrogen and oxygen atoms in total. The van der Waals surface area contributed by atoms with Crippen LogP contribution in [0.15, 0.2) is 40.9 Å². The van der Waals surface area contributed by atoms with E-state index < -0.39 is 17.7 Å². The minimum Gasteiger partial charge on any atom is -0.306 e. The smallest absolute Gasteiger partial charge is 0.142 e. The van der Waals surface area contributed by atoms with Gasteiger partial charge in [0.1, 0.15) is 11.6 Å². The van der Waals surface area contributed by atoms with E-state index in [2.05, 4.69) is 21.2 Å². The van der Waals surface area contributed by atoms with Gasteiger partial charge in [-0.25, -0.2) is 8.78 Å². The number of rotatable bonds is 5. The second-order valence-electron chi connectivity index (χ2n) is 4.70. The van der Waals surface area contributed by atoms with E-state index in [1.165, 1.54) is 18.2 Å². The summed E-state index contributed by atoms with van der Waals surface area (Å²) in [5.41, 5.74) is 0.729. The summed E-state index contributed by atoms with van der Waals surface area (Å²) in [6, 6.07) is 8.72. The molecule has 5 heteroatoms. The van der Waals surface area contributed by atoms with Gasteiger partial charge in [-0.3, -0.25) is 0 Å². The minimum atomic E-state index is -0.582. The third-order valence-electron chi connectivity index (χ3n) is 3.16. The Morgan fingerprint density at radius 2 is 1.95 bits per heavy atom. The molecule has 0 aliphatic rings. The van der Waals surface area contributed by atoms with Gasteiger partial charge in [-0.15, -0.1) is 0 Å². The summed E-state index contributed by atoms with van der Waals surface area (Å²) in [7, 11) is 0. The zero-order valence-electron chi connectivity index (χ0n) is 11.5. The van der Waals surface area contributed by atoms with E-state index in [1.807, 2.05) is 6.92 Å². The van der Waals surface area contributed by atoms with Crippen LogP contribution in [-0.2, 0) is 0 Å². The van der Waals surface area contributed by atoms with Crippen molar-refractivity contribution in [2.45, 2.75) is 19.4 Å². The van der Waals surface area contributed by atoms with Crippen molar-refractivity contribution in [3.63, 3.8) is 0 Å². The second kappa shape index (κ2) is 7.34. The lowest BCUT2D eigenvalue weighted by molar-refractivity contribution is 0.518. The molecule has 0 radical (unpaired) electrons. The van der Waals surface area contributed by atoms with Crippen molar-refractivity contribution < 1.29 is 8.78 Å². The number of halogens is 4. The summed E-state index contributed by atoms with van der Waals surface area (Å²) in [6.45, 7) is 2.64. The number of hydrogen-bond acceptors (Lipinski definition) is 1. The van der Waals surface area contributed by atoms with Gasteiger partial charge in [0.2, 0.25) is 0 Å². The first-order valence-corrected chi connectivity index (χ1v) is 7.84. The predicted molar refractivity (Wildman–Crippen MR) is 85.6 cm³/mol. The first kappa shape index (κ1) is 16.4. The highest BCUT2D eigenvalue weighted by atomic mass is 79.9. The van der Waals surface area contributed by atoms with E-state index in [-0.39, 0.29) is 0 Å². The summed E-state index contributed by atoms with van der Waals surface area (Å²) < 4.78 is 28.8. The lowest BCUT2D eigenvalue weighted by Crippen LogP contribution is -2.25. The molecular weight excluding hydrogens is 360 g/mol. The van der Waals surface area contributed by atoms with E-state index in [4.69, 9.17) is 11.6 Å². The number of hydrogen-bond donors (Lipinski definition) is 1. The molecule has 2 aromatic carbocycles. The molecule has 1 unspecified atom stereocenters. The summed E-state index contributed by atoms with van der Waals surface area (Å²) in [5.74, 6) is -0.808. The van der Waals surface area contributed by atoms with E-state index >= 15 is 0 Å². The Hall–Kier alpha value is -0.970. The molecule has 0 aliphatic carbocycles.